The molecule has 32 heteroatoms. The van der Waals surface area contributed by atoms with Gasteiger partial charge in [-0.15, -0.1) is 0 Å². The molecule has 612 valence electrons. The molecule has 0 saturated carbocycles. The maximum atomic E-state index is 5.46. The van der Waals surface area contributed by atoms with Crippen molar-refractivity contribution in [3.05, 3.63) is 0 Å². The van der Waals surface area contributed by atoms with E-state index in [1.807, 2.05) is 0 Å². The average Bonchev–Trinajstić information content (AvgIpc) is 3.44. The second-order valence-electron chi connectivity index (χ2n) is 21.7. The Balaban J connectivity index is -0.000000208. The quantitative estimate of drug-likeness (QED) is 0.0276. The van der Waals surface area contributed by atoms with Gasteiger partial charge in [-0.2, -0.15) is 0 Å². The van der Waals surface area contributed by atoms with Crippen molar-refractivity contribution in [2.24, 2.45) is 0 Å². The fourth-order valence-electron chi connectivity index (χ4n) is 6.29. The third kappa shape index (κ3) is 129. The second-order valence-corrected chi connectivity index (χ2v) is 31.9. The standard InChI is InChI=1S/2C12H26N2O2.2C11H24N2O2.C9H20N2O.C8H18N2O.C7H16N2O.7W/c1-3-5-9-16-11-7-14-12-13-6-10-15-8-4-2;1-3-5-8-15-10-7-13-11-14-12-16-9-6-4-2;1-3-7-14-9-5-12-11-13-6-10-15-8-4-2;1-3-5-8-15-11-13-10-12-6-9-14-7-4-2;1-3-5-7-12-8-6-11-9-10-4-2;1-3-6-11-7-5-10-8-9-4-2;1-3-5-10-7-9-6-8-4-2;;;;;;;/h13-14H,3-11H2,1-2H3;13-14H,3-10,12H2,1-2H3;12-13H,3-10H2,1-2H3;12-13H,3-9,11H2,1-2H3;10-11H,3-8H2,1-2H3;9-10H,3-7H2,1-2H3;8-9H,3-5,7H2,1-2H3;;;;;;;. The van der Waals surface area contributed by atoms with Crippen molar-refractivity contribution in [2.75, 3.05) is 218 Å². The van der Waals surface area contributed by atoms with Crippen LogP contribution < -0.4 is 74.4 Å². The summed E-state index contributed by atoms with van der Waals surface area (Å²) in [6.07, 6.45) is 18.2. The van der Waals surface area contributed by atoms with Gasteiger partial charge in [0.15, 0.2) is 0 Å². The van der Waals surface area contributed by atoms with Crippen LogP contribution in [0.25, 0.3) is 0 Å². The monoisotopic (exact) mass is 2650 g/mol. The number of hydrogen-bond acceptors (Lipinski definition) is 25. The van der Waals surface area contributed by atoms with Gasteiger partial charge >= 0.3 is 708 Å². The molecule has 0 unspecified atom stereocenters. The van der Waals surface area contributed by atoms with Crippen LogP contribution >= 0.6 is 0 Å². The van der Waals surface area contributed by atoms with E-state index in [-0.39, 0.29) is 0 Å². The molecule has 14 N–H and O–H groups in total. The minimum atomic E-state index is 0.599. The van der Waals surface area contributed by atoms with Crippen molar-refractivity contribution in [1.29, 1.82) is 0 Å². The summed E-state index contributed by atoms with van der Waals surface area (Å²) in [7, 11) is 0. The molecule has 0 aromatic rings. The first-order valence-electron chi connectivity index (χ1n) is 38.1. The average molecular weight is 2650 g/mol. The molecular weight excluding hydrogens is 2500 g/mol. The molecule has 0 saturated heterocycles. The van der Waals surface area contributed by atoms with Crippen molar-refractivity contribution in [1.82, 2.24) is 74.4 Å². The molecule has 0 atom stereocenters. The Bertz CT molecular complexity index is 1600. The molecule has 0 aromatic heterocycles. The molecule has 0 aliphatic heterocycles. The van der Waals surface area contributed by atoms with Crippen LogP contribution in [0.15, 0.2) is 0 Å². The fourth-order valence-corrected chi connectivity index (χ4v) is 11.4. The Labute approximate surface area is 701 Å². The van der Waals surface area contributed by atoms with Crippen LogP contribution in [0.1, 0.15) is 200 Å². The molecule has 0 aliphatic rings. The Kier molecular flexibility index (Phi) is 133. The van der Waals surface area contributed by atoms with Crippen LogP contribution in [0, 0.1) is 0 Å². The van der Waals surface area contributed by atoms with Gasteiger partial charge in [-0.05, 0) is 0 Å². The van der Waals surface area contributed by atoms with Gasteiger partial charge in [-0.25, -0.2) is 0 Å². The summed E-state index contributed by atoms with van der Waals surface area (Å²) < 4.78 is 67.3. The molecule has 25 nitrogen and oxygen atoms in total. The third-order valence-electron chi connectivity index (χ3n) is 11.6. The molecule has 0 heterocycles. The van der Waals surface area contributed by atoms with Crippen LogP contribution in [0.5, 0.6) is 0 Å². The van der Waals surface area contributed by atoms with Crippen molar-refractivity contribution in [3.63, 3.8) is 0 Å². The van der Waals surface area contributed by atoms with E-state index >= 15 is 0 Å². The zero-order valence-electron chi connectivity index (χ0n) is 66.5. The predicted molar refractivity (Wildman–Crippen MR) is 405 cm³/mol. The van der Waals surface area contributed by atoms with Crippen molar-refractivity contribution < 1.29 is 188 Å². The molecule has 0 aromatic carbocycles. The van der Waals surface area contributed by atoms with Crippen LogP contribution in [0.2, 0.25) is 0 Å². The van der Waals surface area contributed by atoms with E-state index in [9.17, 15) is 0 Å². The Hall–Kier alpha value is 2.91. The predicted octanol–water partition coefficient (Wildman–Crippen LogP) is 5.17. The van der Waals surface area contributed by atoms with Crippen molar-refractivity contribution >= 4 is 29.0 Å². The number of unbranched alkanes of at least 4 members (excludes halogenated alkanes) is 5. The number of hydrogen-bond donors (Lipinski definition) is 14. The maximum absolute atomic E-state index is 5.46. The Morgan fingerprint density at radius 1 is 0.167 bits per heavy atom. The summed E-state index contributed by atoms with van der Waals surface area (Å²) in [5.41, 5.74) is 0. The molecule has 0 fully saturated rings. The number of rotatable bonds is 74. The van der Waals surface area contributed by atoms with E-state index in [1.165, 1.54) is 191 Å². The molecule has 0 spiro atoms. The summed E-state index contributed by atoms with van der Waals surface area (Å²) in [6, 6.07) is 0. The summed E-state index contributed by atoms with van der Waals surface area (Å²) in [5, 5.41) is 45.5. The van der Waals surface area contributed by atoms with Crippen LogP contribution in [-0.2, 0) is 188 Å². The van der Waals surface area contributed by atoms with Gasteiger partial charge < -0.3 is 0 Å². The van der Waals surface area contributed by atoms with Crippen LogP contribution in [0.4, 0.5) is 0 Å². The Morgan fingerprint density at radius 2 is 0.314 bits per heavy atom. The number of nitrogens with one attached hydrogen (secondary N) is 14. The van der Waals surface area contributed by atoms with Gasteiger partial charge in [0, 0.05) is 0 Å². The number of ether oxygens (including phenoxy) is 11. The van der Waals surface area contributed by atoms with E-state index < -0.39 is 0 Å². The summed E-state index contributed by atoms with van der Waals surface area (Å²) in [5.74, 6) is 0. The first-order valence-corrected chi connectivity index (χ1v) is 48.4. The van der Waals surface area contributed by atoms with Gasteiger partial charge in [0.25, 0.3) is 0 Å². The normalized spacial score (nSPS) is 10.5. The Morgan fingerprint density at radius 3 is 0.500 bits per heavy atom. The van der Waals surface area contributed by atoms with E-state index in [2.05, 4.69) is 171 Å². The molecular formula is C70H154N14O11W7. The van der Waals surface area contributed by atoms with Crippen LogP contribution in [0.3, 0.4) is 0 Å². The molecule has 0 bridgehead atoms. The molecule has 102 heavy (non-hydrogen) atoms. The SMILES string of the molecule is CCCCOCCN[C](=[W])NCC.CCCCOCCN[C](=[W])NCCOCCC.CCCCOCCN[C](=[W])NCOCCCC.CCCCOCN[C](=[W])NCCOCCC.CCCOCCN[C](=[W])NCC.CCCOCCN[C](=[W])NCCOCCC.CCCOCN[C](=[W])NCC. The fraction of sp³-hybridized carbons (Fsp3) is 0.900. The topological polar surface area (TPSA) is 270 Å². The summed E-state index contributed by atoms with van der Waals surface area (Å²) in [6.45, 7) is 57.3. The first-order chi connectivity index (χ1) is 49.7. The van der Waals surface area contributed by atoms with E-state index in [0.717, 1.165) is 274 Å². The zero-order valence-corrected chi connectivity index (χ0v) is 87.0. The second kappa shape index (κ2) is 115. The van der Waals surface area contributed by atoms with Gasteiger partial charge in [0.05, 0.1) is 0 Å². The first kappa shape index (κ1) is 118. The third-order valence-corrected chi connectivity index (χ3v) is 18.8. The van der Waals surface area contributed by atoms with E-state index in [0.29, 0.717) is 20.2 Å². The van der Waals surface area contributed by atoms with Gasteiger partial charge in [0.1, 0.15) is 0 Å². The summed E-state index contributed by atoms with van der Waals surface area (Å²) >= 11 is 9.94. The van der Waals surface area contributed by atoms with E-state index in [1.54, 1.807) is 0 Å². The van der Waals surface area contributed by atoms with Crippen molar-refractivity contribution in [2.45, 2.75) is 200 Å². The molecule has 0 rings (SSSR count). The van der Waals surface area contributed by atoms with E-state index in [4.69, 9.17) is 52.1 Å². The summed E-state index contributed by atoms with van der Waals surface area (Å²) in [4.78, 5) is 0. The minimum absolute atomic E-state index is 0.599. The van der Waals surface area contributed by atoms with Gasteiger partial charge in [-0.3, -0.25) is 0 Å². The molecule has 0 radical (unpaired) electrons. The van der Waals surface area contributed by atoms with Gasteiger partial charge in [0.2, 0.25) is 0 Å². The van der Waals surface area contributed by atoms with Crippen LogP contribution in [-0.4, -0.2) is 247 Å². The van der Waals surface area contributed by atoms with Gasteiger partial charge in [-0.1, -0.05) is 0 Å². The van der Waals surface area contributed by atoms with Crippen molar-refractivity contribution in [3.8, 4) is 0 Å². The zero-order chi connectivity index (χ0) is 77.4. The molecule has 0 aliphatic carbocycles. The molecule has 0 amide bonds.